The second-order valence-corrected chi connectivity index (χ2v) is 5.63. The van der Waals surface area contributed by atoms with Gasteiger partial charge in [-0.2, -0.15) is 0 Å². The average Bonchev–Trinajstić information content (AvgIpc) is 2.38. The maximum Gasteiger partial charge on any atom is 0.247 e. The fraction of sp³-hybridized carbons (Fsp3) is 0.846. The van der Waals surface area contributed by atoms with E-state index < -0.39 is 5.54 Å². The maximum atomic E-state index is 12.2. The minimum atomic E-state index is -0.822. The van der Waals surface area contributed by atoms with Crippen molar-refractivity contribution < 1.29 is 14.3 Å². The van der Waals surface area contributed by atoms with Crippen LogP contribution < -0.4 is 5.32 Å². The fourth-order valence-electron chi connectivity index (χ4n) is 1.94. The van der Waals surface area contributed by atoms with Gasteiger partial charge in [-0.15, -0.1) is 0 Å². The van der Waals surface area contributed by atoms with Crippen LogP contribution in [0.15, 0.2) is 0 Å². The van der Waals surface area contributed by atoms with E-state index in [-0.39, 0.29) is 11.8 Å². The van der Waals surface area contributed by atoms with E-state index >= 15 is 0 Å². The van der Waals surface area contributed by atoms with Crippen molar-refractivity contribution in [2.75, 3.05) is 46.9 Å². The minimum absolute atomic E-state index is 0.0467. The van der Waals surface area contributed by atoms with Gasteiger partial charge in [-0.05, 0) is 27.9 Å². The SMILES string of the molecule is CN(C)CCOCCN1CCC(=O)NC(C)(C)C1=O. The Morgan fingerprint density at radius 3 is 2.63 bits per heavy atom. The highest BCUT2D eigenvalue weighted by Crippen LogP contribution is 2.12. The smallest absolute Gasteiger partial charge is 0.247 e. The van der Waals surface area contributed by atoms with Crippen LogP contribution in [0, 0.1) is 0 Å². The molecule has 6 nitrogen and oxygen atoms in total. The molecular formula is C13H25N3O3. The molecule has 1 N–H and O–H groups in total. The number of likely N-dealkylation sites (N-methyl/N-ethyl adjacent to an activating group) is 1. The number of amides is 2. The molecule has 1 aliphatic heterocycles. The van der Waals surface area contributed by atoms with Crippen LogP contribution in [0.3, 0.4) is 0 Å². The first-order valence-corrected chi connectivity index (χ1v) is 6.66. The summed E-state index contributed by atoms with van der Waals surface area (Å²) in [4.78, 5) is 27.5. The predicted octanol–water partition coefficient (Wildman–Crippen LogP) is -0.308. The van der Waals surface area contributed by atoms with Crippen molar-refractivity contribution in [2.45, 2.75) is 25.8 Å². The van der Waals surface area contributed by atoms with Crippen molar-refractivity contribution in [1.29, 1.82) is 0 Å². The Hall–Kier alpha value is -1.14. The summed E-state index contributed by atoms with van der Waals surface area (Å²) in [6.07, 6.45) is 0.354. The van der Waals surface area contributed by atoms with Crippen LogP contribution in [0.1, 0.15) is 20.3 Å². The summed E-state index contributed by atoms with van der Waals surface area (Å²) in [6.45, 7) is 6.48. The van der Waals surface area contributed by atoms with Crippen molar-refractivity contribution in [3.8, 4) is 0 Å². The zero-order valence-corrected chi connectivity index (χ0v) is 12.4. The molecule has 0 atom stereocenters. The molecule has 0 unspecified atom stereocenters. The van der Waals surface area contributed by atoms with E-state index in [1.54, 1.807) is 18.7 Å². The van der Waals surface area contributed by atoms with E-state index in [2.05, 4.69) is 5.32 Å². The quantitative estimate of drug-likeness (QED) is 0.673. The Balaban J connectivity index is 2.39. The Kier molecular flexibility index (Phi) is 5.75. The molecule has 1 heterocycles. The molecule has 6 heteroatoms. The van der Waals surface area contributed by atoms with Gasteiger partial charge in [0.1, 0.15) is 5.54 Å². The summed E-state index contributed by atoms with van der Waals surface area (Å²) in [5.74, 6) is -0.121. The molecule has 0 aromatic rings. The van der Waals surface area contributed by atoms with Crippen molar-refractivity contribution in [3.05, 3.63) is 0 Å². The Morgan fingerprint density at radius 2 is 2.00 bits per heavy atom. The fourth-order valence-corrected chi connectivity index (χ4v) is 1.94. The number of carbonyl (C=O) groups is 2. The number of hydrogen-bond acceptors (Lipinski definition) is 4. The zero-order valence-electron chi connectivity index (χ0n) is 12.4. The van der Waals surface area contributed by atoms with E-state index in [9.17, 15) is 9.59 Å². The van der Waals surface area contributed by atoms with Crippen LogP contribution in [-0.4, -0.2) is 74.1 Å². The van der Waals surface area contributed by atoms with Crippen molar-refractivity contribution >= 4 is 11.8 Å². The summed E-state index contributed by atoms with van der Waals surface area (Å²) in [5, 5.41) is 2.74. The third kappa shape index (κ3) is 5.16. The molecule has 0 aromatic carbocycles. The second-order valence-electron chi connectivity index (χ2n) is 5.63. The van der Waals surface area contributed by atoms with E-state index in [0.29, 0.717) is 32.7 Å². The monoisotopic (exact) mass is 271 g/mol. The maximum absolute atomic E-state index is 12.2. The van der Waals surface area contributed by atoms with Gasteiger partial charge in [0.2, 0.25) is 11.8 Å². The molecule has 2 amide bonds. The normalized spacial score (nSPS) is 19.5. The molecule has 0 aromatic heterocycles. The highest BCUT2D eigenvalue weighted by Gasteiger charge is 2.36. The van der Waals surface area contributed by atoms with Gasteiger partial charge < -0.3 is 19.9 Å². The molecule has 1 aliphatic rings. The summed E-state index contributed by atoms with van der Waals surface area (Å²) in [6, 6.07) is 0. The van der Waals surface area contributed by atoms with Gasteiger partial charge in [0, 0.05) is 26.1 Å². The third-order valence-electron chi connectivity index (χ3n) is 3.07. The lowest BCUT2D eigenvalue weighted by atomic mass is 10.0. The van der Waals surface area contributed by atoms with Crippen molar-refractivity contribution in [1.82, 2.24) is 15.1 Å². The molecule has 0 spiro atoms. The lowest BCUT2D eigenvalue weighted by Crippen LogP contribution is -2.53. The lowest BCUT2D eigenvalue weighted by Gasteiger charge is -2.28. The van der Waals surface area contributed by atoms with Gasteiger partial charge in [-0.3, -0.25) is 9.59 Å². The molecule has 1 saturated heterocycles. The second kappa shape index (κ2) is 6.86. The first-order valence-electron chi connectivity index (χ1n) is 6.66. The molecule has 0 bridgehead atoms. The van der Waals surface area contributed by atoms with Gasteiger partial charge >= 0.3 is 0 Å². The van der Waals surface area contributed by atoms with Crippen LogP contribution in [0.25, 0.3) is 0 Å². The third-order valence-corrected chi connectivity index (χ3v) is 3.07. The number of nitrogens with one attached hydrogen (secondary N) is 1. The van der Waals surface area contributed by atoms with Gasteiger partial charge in [-0.1, -0.05) is 0 Å². The molecular weight excluding hydrogens is 246 g/mol. The molecule has 0 radical (unpaired) electrons. The largest absolute Gasteiger partial charge is 0.378 e. The number of nitrogens with zero attached hydrogens (tertiary/aromatic N) is 2. The Morgan fingerprint density at radius 1 is 1.32 bits per heavy atom. The Labute approximate surface area is 115 Å². The van der Waals surface area contributed by atoms with Crippen molar-refractivity contribution in [2.24, 2.45) is 0 Å². The van der Waals surface area contributed by atoms with Crippen LogP contribution in [-0.2, 0) is 14.3 Å². The Bertz CT molecular complexity index is 329. The first-order chi connectivity index (χ1) is 8.83. The van der Waals surface area contributed by atoms with Crippen LogP contribution in [0.4, 0.5) is 0 Å². The van der Waals surface area contributed by atoms with E-state index in [1.165, 1.54) is 0 Å². The summed E-state index contributed by atoms with van der Waals surface area (Å²) in [5.41, 5.74) is -0.822. The van der Waals surface area contributed by atoms with Crippen molar-refractivity contribution in [3.63, 3.8) is 0 Å². The van der Waals surface area contributed by atoms with Gasteiger partial charge in [0.05, 0.1) is 13.2 Å². The highest BCUT2D eigenvalue weighted by molar-refractivity contribution is 5.92. The standard InChI is InChI=1S/C13H25N3O3/c1-13(2)12(18)16(6-5-11(17)14-13)8-10-19-9-7-15(3)4/h5-10H2,1-4H3,(H,14,17). The molecule has 0 aliphatic carbocycles. The van der Waals surface area contributed by atoms with Gasteiger partial charge in [0.25, 0.3) is 0 Å². The van der Waals surface area contributed by atoms with Crippen LogP contribution in [0.2, 0.25) is 0 Å². The average molecular weight is 271 g/mol. The molecule has 1 rings (SSSR count). The summed E-state index contributed by atoms with van der Waals surface area (Å²) >= 11 is 0. The molecule has 1 fully saturated rings. The van der Waals surface area contributed by atoms with Gasteiger partial charge in [-0.25, -0.2) is 0 Å². The lowest BCUT2D eigenvalue weighted by molar-refractivity contribution is -0.138. The van der Waals surface area contributed by atoms with Gasteiger partial charge in [0.15, 0.2) is 0 Å². The highest BCUT2D eigenvalue weighted by atomic mass is 16.5. The number of hydrogen-bond donors (Lipinski definition) is 1. The first kappa shape index (κ1) is 15.9. The summed E-state index contributed by atoms with van der Waals surface area (Å²) < 4.78 is 5.49. The minimum Gasteiger partial charge on any atom is -0.378 e. The van der Waals surface area contributed by atoms with Crippen LogP contribution in [0.5, 0.6) is 0 Å². The summed E-state index contributed by atoms with van der Waals surface area (Å²) in [7, 11) is 3.98. The van der Waals surface area contributed by atoms with E-state index in [1.807, 2.05) is 19.0 Å². The van der Waals surface area contributed by atoms with E-state index in [4.69, 9.17) is 4.74 Å². The van der Waals surface area contributed by atoms with Crippen LogP contribution >= 0.6 is 0 Å². The molecule has 0 saturated carbocycles. The molecule has 110 valence electrons. The number of rotatable bonds is 6. The predicted molar refractivity (Wildman–Crippen MR) is 72.8 cm³/mol. The number of carbonyl (C=O) groups excluding carboxylic acids is 2. The molecule has 19 heavy (non-hydrogen) atoms. The number of ether oxygens (including phenoxy) is 1. The topological polar surface area (TPSA) is 61.9 Å². The van der Waals surface area contributed by atoms with E-state index in [0.717, 1.165) is 6.54 Å². The zero-order chi connectivity index (χ0) is 14.5.